The quantitative estimate of drug-likeness (QED) is 0.503. The third-order valence-electron chi connectivity index (χ3n) is 4.99. The lowest BCUT2D eigenvalue weighted by Gasteiger charge is -2.05. The van der Waals surface area contributed by atoms with Gasteiger partial charge < -0.3 is 10.3 Å². The van der Waals surface area contributed by atoms with Gasteiger partial charge in [0, 0.05) is 11.7 Å². The van der Waals surface area contributed by atoms with Crippen LogP contribution in [-0.2, 0) is 6.42 Å². The molecule has 1 aliphatic carbocycles. The summed E-state index contributed by atoms with van der Waals surface area (Å²) in [6.45, 7) is 9.30. The highest BCUT2D eigenvalue weighted by Gasteiger charge is 2.39. The topological polar surface area (TPSA) is 32.2 Å². The molecule has 0 saturated heterocycles. The smallest absolute Gasteiger partial charge is 0.187 e. The minimum Gasteiger partial charge on any atom is -0.361 e. The highest BCUT2D eigenvalue weighted by atomic mass is 14.9. The molecule has 3 aromatic rings. The molecule has 4 rings (SSSR count). The Morgan fingerprint density at radius 2 is 2.04 bits per heavy atom. The second-order valence-corrected chi connectivity index (χ2v) is 6.63. The fourth-order valence-electron chi connectivity index (χ4n) is 3.53. The van der Waals surface area contributed by atoms with Crippen molar-refractivity contribution in [3.63, 3.8) is 0 Å². The van der Waals surface area contributed by atoms with Crippen LogP contribution in [0.25, 0.3) is 15.7 Å². The van der Waals surface area contributed by atoms with E-state index >= 15 is 0 Å². The Balaban J connectivity index is 1.33. The van der Waals surface area contributed by atoms with Gasteiger partial charge in [-0.1, -0.05) is 36.4 Å². The van der Waals surface area contributed by atoms with Crippen molar-refractivity contribution in [3.8, 4) is 0 Å². The Hall–Kier alpha value is -2.57. The van der Waals surface area contributed by atoms with Crippen LogP contribution in [0.5, 0.6) is 0 Å². The summed E-state index contributed by atoms with van der Waals surface area (Å²) < 4.78 is 0. The third-order valence-corrected chi connectivity index (χ3v) is 4.99. The molecule has 2 aromatic carbocycles. The van der Waals surface area contributed by atoms with Gasteiger partial charge in [0.2, 0.25) is 0 Å². The molecule has 24 heavy (non-hydrogen) atoms. The maximum atomic E-state index is 7.19. The molecule has 2 N–H and O–H groups in total. The Morgan fingerprint density at radius 1 is 1.17 bits per heavy atom. The molecule has 3 heteroatoms. The number of aromatic nitrogens is 1. The van der Waals surface area contributed by atoms with E-state index in [9.17, 15) is 0 Å². The van der Waals surface area contributed by atoms with Crippen LogP contribution in [0.3, 0.4) is 0 Å². The SMILES string of the molecule is [C-]#[N+]c1ccc2[nH]cc(C3CC3CNCCc3ccccc3)c2c1. The van der Waals surface area contributed by atoms with Crippen molar-refractivity contribution in [2.24, 2.45) is 5.92 Å². The average molecular weight is 315 g/mol. The van der Waals surface area contributed by atoms with Crippen molar-refractivity contribution in [2.75, 3.05) is 13.1 Å². The summed E-state index contributed by atoms with van der Waals surface area (Å²) >= 11 is 0. The number of benzene rings is 2. The van der Waals surface area contributed by atoms with Gasteiger partial charge in [0.05, 0.1) is 6.57 Å². The highest BCUT2D eigenvalue weighted by Crippen LogP contribution is 2.49. The summed E-state index contributed by atoms with van der Waals surface area (Å²) in [5.74, 6) is 1.35. The monoisotopic (exact) mass is 315 g/mol. The van der Waals surface area contributed by atoms with Gasteiger partial charge >= 0.3 is 0 Å². The van der Waals surface area contributed by atoms with E-state index in [2.05, 4.69) is 51.7 Å². The summed E-state index contributed by atoms with van der Waals surface area (Å²) in [7, 11) is 0. The van der Waals surface area contributed by atoms with Gasteiger partial charge in [-0.3, -0.25) is 0 Å². The Labute approximate surface area is 142 Å². The largest absolute Gasteiger partial charge is 0.361 e. The lowest BCUT2D eigenvalue weighted by atomic mass is 10.1. The summed E-state index contributed by atoms with van der Waals surface area (Å²) in [6, 6.07) is 16.5. The molecule has 1 aromatic heterocycles. The number of nitrogens with zero attached hydrogens (tertiary/aromatic N) is 1. The minimum absolute atomic E-state index is 0.629. The lowest BCUT2D eigenvalue weighted by Crippen LogP contribution is -2.20. The first-order chi connectivity index (χ1) is 11.8. The van der Waals surface area contributed by atoms with Gasteiger partial charge in [-0.2, -0.15) is 0 Å². The number of rotatable bonds is 6. The van der Waals surface area contributed by atoms with E-state index in [1.807, 2.05) is 18.2 Å². The first-order valence-electron chi connectivity index (χ1n) is 8.58. The zero-order valence-corrected chi connectivity index (χ0v) is 13.6. The fourth-order valence-corrected chi connectivity index (χ4v) is 3.53. The number of hydrogen-bond acceptors (Lipinski definition) is 1. The van der Waals surface area contributed by atoms with Gasteiger partial charge in [0.1, 0.15) is 0 Å². The predicted molar refractivity (Wildman–Crippen MR) is 98.4 cm³/mol. The zero-order chi connectivity index (χ0) is 16.4. The van der Waals surface area contributed by atoms with E-state index in [0.717, 1.165) is 36.6 Å². The van der Waals surface area contributed by atoms with Crippen LogP contribution < -0.4 is 5.32 Å². The second-order valence-electron chi connectivity index (χ2n) is 6.63. The summed E-state index contributed by atoms with van der Waals surface area (Å²) in [5.41, 5.74) is 4.63. The summed E-state index contributed by atoms with van der Waals surface area (Å²) in [5, 5.41) is 4.82. The molecule has 120 valence electrons. The number of hydrogen-bond donors (Lipinski definition) is 2. The van der Waals surface area contributed by atoms with Gasteiger partial charge in [0.15, 0.2) is 5.69 Å². The molecular formula is C21H21N3. The van der Waals surface area contributed by atoms with E-state index in [1.165, 1.54) is 22.9 Å². The van der Waals surface area contributed by atoms with E-state index in [-0.39, 0.29) is 0 Å². The standard InChI is InChI=1S/C21H21N3/c1-22-17-7-8-21-19(12-17)20(14-24-21)18-11-16(18)13-23-10-9-15-5-3-2-4-6-15/h2-8,12,14,16,18,23-24H,9-11,13H2. The van der Waals surface area contributed by atoms with E-state index in [4.69, 9.17) is 6.57 Å². The van der Waals surface area contributed by atoms with Crippen LogP contribution in [0, 0.1) is 12.5 Å². The lowest BCUT2D eigenvalue weighted by molar-refractivity contribution is 0.627. The molecule has 0 spiro atoms. The van der Waals surface area contributed by atoms with Gasteiger partial charge in [-0.15, -0.1) is 0 Å². The second kappa shape index (κ2) is 6.51. The van der Waals surface area contributed by atoms with Crippen molar-refractivity contribution < 1.29 is 0 Å². The van der Waals surface area contributed by atoms with Crippen LogP contribution in [-0.4, -0.2) is 18.1 Å². The molecule has 0 aliphatic heterocycles. The molecule has 1 fully saturated rings. The average Bonchev–Trinajstić information content (AvgIpc) is 3.28. The van der Waals surface area contributed by atoms with Crippen LogP contribution in [0.4, 0.5) is 5.69 Å². The van der Waals surface area contributed by atoms with Crippen LogP contribution in [0.15, 0.2) is 54.7 Å². The molecule has 0 amide bonds. The number of fused-ring (bicyclic) bond motifs is 1. The normalized spacial score (nSPS) is 19.3. The minimum atomic E-state index is 0.629. The van der Waals surface area contributed by atoms with Crippen molar-refractivity contribution in [2.45, 2.75) is 18.8 Å². The summed E-state index contributed by atoms with van der Waals surface area (Å²) in [6.07, 6.45) is 4.46. The third kappa shape index (κ3) is 3.06. The number of nitrogens with one attached hydrogen (secondary N) is 2. The maximum Gasteiger partial charge on any atom is 0.187 e. The Kier molecular flexibility index (Phi) is 4.06. The molecular weight excluding hydrogens is 294 g/mol. The molecule has 0 radical (unpaired) electrons. The van der Waals surface area contributed by atoms with E-state index in [0.29, 0.717) is 5.92 Å². The van der Waals surface area contributed by atoms with Gasteiger partial charge in [-0.05, 0) is 66.4 Å². The maximum absolute atomic E-state index is 7.19. The first kappa shape index (κ1) is 15.0. The molecule has 1 heterocycles. The van der Waals surface area contributed by atoms with E-state index in [1.54, 1.807) is 0 Å². The molecule has 2 unspecified atom stereocenters. The summed E-state index contributed by atoms with van der Waals surface area (Å²) in [4.78, 5) is 6.90. The van der Waals surface area contributed by atoms with Gasteiger partial charge in [-0.25, -0.2) is 4.85 Å². The zero-order valence-electron chi connectivity index (χ0n) is 13.6. The molecule has 1 saturated carbocycles. The highest BCUT2D eigenvalue weighted by molar-refractivity contribution is 5.87. The Bertz CT molecular complexity index is 873. The van der Waals surface area contributed by atoms with Crippen LogP contribution in [0.1, 0.15) is 23.5 Å². The van der Waals surface area contributed by atoms with Crippen molar-refractivity contribution in [1.29, 1.82) is 0 Å². The molecule has 3 nitrogen and oxygen atoms in total. The van der Waals surface area contributed by atoms with Crippen molar-refractivity contribution >= 4 is 16.6 Å². The number of H-pyrrole nitrogens is 1. The Morgan fingerprint density at radius 3 is 2.88 bits per heavy atom. The fraction of sp³-hybridized carbons (Fsp3) is 0.286. The van der Waals surface area contributed by atoms with Crippen molar-refractivity contribution in [3.05, 3.63) is 77.3 Å². The van der Waals surface area contributed by atoms with Crippen molar-refractivity contribution in [1.82, 2.24) is 10.3 Å². The van der Waals surface area contributed by atoms with Crippen LogP contribution in [0.2, 0.25) is 0 Å². The van der Waals surface area contributed by atoms with Gasteiger partial charge in [0.25, 0.3) is 0 Å². The van der Waals surface area contributed by atoms with Crippen LogP contribution >= 0.6 is 0 Å². The first-order valence-corrected chi connectivity index (χ1v) is 8.58. The molecule has 1 aliphatic rings. The molecule has 2 atom stereocenters. The predicted octanol–water partition coefficient (Wildman–Crippen LogP) is 4.65. The molecule has 0 bridgehead atoms. The number of aromatic amines is 1. The van der Waals surface area contributed by atoms with E-state index < -0.39 is 0 Å².